The highest BCUT2D eigenvalue weighted by Crippen LogP contribution is 2.20. The summed E-state index contributed by atoms with van der Waals surface area (Å²) in [5, 5.41) is 12.4. The lowest BCUT2D eigenvalue weighted by atomic mass is 10.0. The molecular weight excluding hydrogens is 286 g/mol. The molecule has 0 spiro atoms. The van der Waals surface area contributed by atoms with Crippen molar-refractivity contribution in [3.63, 3.8) is 0 Å². The van der Waals surface area contributed by atoms with Crippen LogP contribution in [-0.2, 0) is 6.54 Å². The minimum Gasteiger partial charge on any atom is -0.366 e. The third kappa shape index (κ3) is 4.05. The number of nitrogens with one attached hydrogen (secondary N) is 1. The summed E-state index contributed by atoms with van der Waals surface area (Å²) in [6.45, 7) is 2.88. The largest absolute Gasteiger partial charge is 0.366 e. The van der Waals surface area contributed by atoms with Crippen molar-refractivity contribution < 1.29 is 0 Å². The zero-order chi connectivity index (χ0) is 15.9. The third-order valence-corrected chi connectivity index (χ3v) is 4.29. The van der Waals surface area contributed by atoms with Crippen molar-refractivity contribution in [3.8, 4) is 6.07 Å². The van der Waals surface area contributed by atoms with Crippen LogP contribution in [0.4, 0.5) is 5.82 Å². The Hall–Kier alpha value is -2.45. The van der Waals surface area contributed by atoms with Gasteiger partial charge in [0.1, 0.15) is 6.07 Å². The molecule has 0 amide bonds. The van der Waals surface area contributed by atoms with Crippen molar-refractivity contribution in [2.45, 2.75) is 31.8 Å². The van der Waals surface area contributed by atoms with E-state index in [9.17, 15) is 0 Å². The molecule has 1 unspecified atom stereocenters. The minimum absolute atomic E-state index is 0.359. The molecule has 0 saturated carbocycles. The SMILES string of the molecule is N#Cc1nccnc1NCC1CCCCN1Cc1ccccc1. The fraction of sp³-hybridized carbons (Fsp3) is 0.389. The monoisotopic (exact) mass is 307 g/mol. The number of anilines is 1. The van der Waals surface area contributed by atoms with Crippen LogP contribution in [0.5, 0.6) is 0 Å². The Morgan fingerprint density at radius 1 is 1.17 bits per heavy atom. The summed E-state index contributed by atoms with van der Waals surface area (Å²) in [7, 11) is 0. The topological polar surface area (TPSA) is 64.8 Å². The molecule has 118 valence electrons. The normalized spacial score (nSPS) is 18.3. The van der Waals surface area contributed by atoms with Gasteiger partial charge < -0.3 is 5.32 Å². The van der Waals surface area contributed by atoms with E-state index in [-0.39, 0.29) is 0 Å². The van der Waals surface area contributed by atoms with Crippen LogP contribution in [0.15, 0.2) is 42.7 Å². The van der Waals surface area contributed by atoms with Gasteiger partial charge in [-0.05, 0) is 24.9 Å². The number of rotatable bonds is 5. The Bertz CT molecular complexity index is 665. The van der Waals surface area contributed by atoms with E-state index >= 15 is 0 Å². The summed E-state index contributed by atoms with van der Waals surface area (Å²) in [6.07, 6.45) is 6.83. The maximum Gasteiger partial charge on any atom is 0.182 e. The molecule has 1 N–H and O–H groups in total. The van der Waals surface area contributed by atoms with Gasteiger partial charge in [-0.3, -0.25) is 4.90 Å². The van der Waals surface area contributed by atoms with Gasteiger partial charge in [-0.2, -0.15) is 5.26 Å². The maximum absolute atomic E-state index is 9.10. The lowest BCUT2D eigenvalue weighted by Gasteiger charge is -2.36. The Labute approximate surface area is 137 Å². The van der Waals surface area contributed by atoms with Crippen molar-refractivity contribution in [1.29, 1.82) is 5.26 Å². The number of nitrogens with zero attached hydrogens (tertiary/aromatic N) is 4. The highest BCUT2D eigenvalue weighted by molar-refractivity contribution is 5.46. The van der Waals surface area contributed by atoms with Crippen molar-refractivity contribution >= 4 is 5.82 Å². The van der Waals surface area contributed by atoms with Crippen molar-refractivity contribution in [1.82, 2.24) is 14.9 Å². The lowest BCUT2D eigenvalue weighted by Crippen LogP contribution is -2.43. The summed E-state index contributed by atoms with van der Waals surface area (Å²) >= 11 is 0. The highest BCUT2D eigenvalue weighted by Gasteiger charge is 2.22. The first-order valence-electron chi connectivity index (χ1n) is 8.10. The van der Waals surface area contributed by atoms with E-state index in [1.54, 1.807) is 12.4 Å². The van der Waals surface area contributed by atoms with Crippen LogP contribution < -0.4 is 5.32 Å². The van der Waals surface area contributed by atoms with Gasteiger partial charge in [-0.15, -0.1) is 0 Å². The molecule has 23 heavy (non-hydrogen) atoms. The van der Waals surface area contributed by atoms with E-state index in [0.717, 1.165) is 19.6 Å². The zero-order valence-corrected chi connectivity index (χ0v) is 13.2. The van der Waals surface area contributed by atoms with Gasteiger partial charge >= 0.3 is 0 Å². The van der Waals surface area contributed by atoms with Crippen molar-refractivity contribution in [2.75, 3.05) is 18.4 Å². The fourth-order valence-electron chi connectivity index (χ4n) is 3.08. The van der Waals surface area contributed by atoms with Gasteiger partial charge in [0, 0.05) is 31.5 Å². The molecule has 1 fully saturated rings. The van der Waals surface area contributed by atoms with Gasteiger partial charge in [-0.25, -0.2) is 9.97 Å². The van der Waals surface area contributed by atoms with E-state index < -0.39 is 0 Å². The van der Waals surface area contributed by atoms with E-state index in [4.69, 9.17) is 5.26 Å². The predicted octanol–water partition coefficient (Wildman–Crippen LogP) is 2.81. The molecule has 2 heterocycles. The van der Waals surface area contributed by atoms with Crippen molar-refractivity contribution in [3.05, 3.63) is 54.0 Å². The van der Waals surface area contributed by atoms with E-state index in [1.807, 2.05) is 0 Å². The molecular formula is C18H21N5. The molecule has 1 aliphatic heterocycles. The number of piperidine rings is 1. The van der Waals surface area contributed by atoms with Crippen LogP contribution >= 0.6 is 0 Å². The molecule has 2 aromatic rings. The molecule has 1 aromatic heterocycles. The second kappa shape index (κ2) is 7.70. The minimum atomic E-state index is 0.359. The number of aromatic nitrogens is 2. The first-order valence-corrected chi connectivity index (χ1v) is 8.10. The lowest BCUT2D eigenvalue weighted by molar-refractivity contribution is 0.148. The highest BCUT2D eigenvalue weighted by atomic mass is 15.2. The molecule has 0 aliphatic carbocycles. The van der Waals surface area contributed by atoms with Gasteiger partial charge in [0.2, 0.25) is 0 Å². The Kier molecular flexibility index (Phi) is 5.17. The molecule has 3 rings (SSSR count). The quantitative estimate of drug-likeness (QED) is 0.920. The van der Waals surface area contributed by atoms with Crippen LogP contribution in [0.2, 0.25) is 0 Å². The molecule has 1 saturated heterocycles. The van der Waals surface area contributed by atoms with Crippen LogP contribution in [0, 0.1) is 11.3 Å². The first kappa shape index (κ1) is 15.4. The summed E-state index contributed by atoms with van der Waals surface area (Å²) in [5.74, 6) is 0.584. The average Bonchev–Trinajstić information content (AvgIpc) is 2.62. The maximum atomic E-state index is 9.10. The van der Waals surface area contributed by atoms with E-state index in [1.165, 1.54) is 24.8 Å². The van der Waals surface area contributed by atoms with Crippen LogP contribution in [-0.4, -0.2) is 34.0 Å². The van der Waals surface area contributed by atoms with Crippen LogP contribution in [0.1, 0.15) is 30.5 Å². The van der Waals surface area contributed by atoms with E-state index in [0.29, 0.717) is 17.6 Å². The number of nitriles is 1. The van der Waals surface area contributed by atoms with Gasteiger partial charge in [0.05, 0.1) is 0 Å². The Balaban J connectivity index is 1.64. The second-order valence-electron chi connectivity index (χ2n) is 5.85. The molecule has 0 radical (unpaired) electrons. The van der Waals surface area contributed by atoms with Gasteiger partial charge in [0.25, 0.3) is 0 Å². The molecule has 5 heteroatoms. The molecule has 1 aliphatic rings. The molecule has 5 nitrogen and oxygen atoms in total. The molecule has 1 atom stereocenters. The van der Waals surface area contributed by atoms with E-state index in [2.05, 4.69) is 56.6 Å². The smallest absolute Gasteiger partial charge is 0.182 e. The Morgan fingerprint density at radius 2 is 2.00 bits per heavy atom. The molecule has 0 bridgehead atoms. The summed E-state index contributed by atoms with van der Waals surface area (Å²) < 4.78 is 0. The zero-order valence-electron chi connectivity index (χ0n) is 13.2. The number of hydrogen-bond acceptors (Lipinski definition) is 5. The Morgan fingerprint density at radius 3 is 2.83 bits per heavy atom. The number of benzene rings is 1. The van der Waals surface area contributed by atoms with Gasteiger partial charge in [0.15, 0.2) is 11.5 Å². The number of likely N-dealkylation sites (tertiary alicyclic amines) is 1. The fourth-order valence-corrected chi connectivity index (χ4v) is 3.08. The number of hydrogen-bond donors (Lipinski definition) is 1. The second-order valence-corrected chi connectivity index (χ2v) is 5.85. The van der Waals surface area contributed by atoms with Crippen LogP contribution in [0.25, 0.3) is 0 Å². The summed E-state index contributed by atoms with van der Waals surface area (Å²) in [5.41, 5.74) is 1.70. The van der Waals surface area contributed by atoms with Gasteiger partial charge in [-0.1, -0.05) is 36.8 Å². The average molecular weight is 307 g/mol. The molecule has 1 aromatic carbocycles. The third-order valence-electron chi connectivity index (χ3n) is 4.29. The standard InChI is InChI=1S/C18H21N5/c19-12-17-18(21-10-9-20-17)22-13-16-8-4-5-11-23(16)14-15-6-2-1-3-7-15/h1-3,6-7,9-10,16H,4-5,8,11,13-14H2,(H,21,22). The first-order chi connectivity index (χ1) is 11.4. The summed E-state index contributed by atoms with van der Waals surface area (Å²) in [6, 6.07) is 13.1. The van der Waals surface area contributed by atoms with Crippen LogP contribution in [0.3, 0.4) is 0 Å². The van der Waals surface area contributed by atoms with Crippen molar-refractivity contribution in [2.24, 2.45) is 0 Å². The predicted molar refractivity (Wildman–Crippen MR) is 89.7 cm³/mol. The summed E-state index contributed by atoms with van der Waals surface area (Å²) in [4.78, 5) is 10.8.